The number of ether oxygens (including phenoxy) is 1. The fourth-order valence-electron chi connectivity index (χ4n) is 1.22. The predicted molar refractivity (Wildman–Crippen MR) is 51.7 cm³/mol. The first-order chi connectivity index (χ1) is 7.02. The van der Waals surface area contributed by atoms with Gasteiger partial charge >= 0.3 is 6.61 Å². The second-order valence-corrected chi connectivity index (χ2v) is 3.18. The molecule has 0 bridgehead atoms. The van der Waals surface area contributed by atoms with E-state index in [4.69, 9.17) is 5.73 Å². The van der Waals surface area contributed by atoms with E-state index in [0.29, 0.717) is 5.56 Å². The molecule has 1 aromatic carbocycles. The first kappa shape index (κ1) is 11.9. The van der Waals surface area contributed by atoms with Crippen LogP contribution in [0.3, 0.4) is 0 Å². The van der Waals surface area contributed by atoms with Crippen LogP contribution in [0.4, 0.5) is 8.78 Å². The summed E-state index contributed by atoms with van der Waals surface area (Å²) in [4.78, 5) is 0. The lowest BCUT2D eigenvalue weighted by molar-refractivity contribution is -0.0509. The maximum absolute atomic E-state index is 12.0. The summed E-state index contributed by atoms with van der Waals surface area (Å²) in [5.74, 6) is 0.000833. The molecule has 0 heterocycles. The Kier molecular flexibility index (Phi) is 3.99. The minimum atomic E-state index is -2.90. The van der Waals surface area contributed by atoms with Gasteiger partial charge in [-0.05, 0) is 13.0 Å². The zero-order valence-corrected chi connectivity index (χ0v) is 8.23. The molecule has 0 spiro atoms. The first-order valence-electron chi connectivity index (χ1n) is 4.49. The number of aliphatic hydroxyl groups is 1. The molecule has 0 saturated heterocycles. The van der Waals surface area contributed by atoms with Gasteiger partial charge in [-0.1, -0.05) is 18.2 Å². The van der Waals surface area contributed by atoms with Crippen LogP contribution < -0.4 is 10.5 Å². The third kappa shape index (κ3) is 3.14. The van der Waals surface area contributed by atoms with Crippen LogP contribution >= 0.6 is 0 Å². The van der Waals surface area contributed by atoms with Crippen molar-refractivity contribution >= 4 is 0 Å². The van der Waals surface area contributed by atoms with E-state index >= 15 is 0 Å². The molecule has 15 heavy (non-hydrogen) atoms. The molecule has 3 N–H and O–H groups in total. The number of benzene rings is 1. The van der Waals surface area contributed by atoms with Crippen LogP contribution in [-0.4, -0.2) is 17.8 Å². The summed E-state index contributed by atoms with van der Waals surface area (Å²) in [6, 6.07) is 5.42. The molecule has 0 aromatic heterocycles. The number of aliphatic hydroxyl groups excluding tert-OH is 1. The van der Waals surface area contributed by atoms with Crippen LogP contribution in [0.2, 0.25) is 0 Å². The third-order valence-electron chi connectivity index (χ3n) is 2.01. The average Bonchev–Trinajstić information content (AvgIpc) is 2.16. The van der Waals surface area contributed by atoms with E-state index in [2.05, 4.69) is 4.74 Å². The largest absolute Gasteiger partial charge is 0.434 e. The van der Waals surface area contributed by atoms with Crippen molar-refractivity contribution in [2.45, 2.75) is 25.7 Å². The van der Waals surface area contributed by atoms with Crippen LogP contribution in [-0.2, 0) is 0 Å². The number of halogens is 2. The van der Waals surface area contributed by atoms with Crippen LogP contribution in [0.25, 0.3) is 0 Å². The topological polar surface area (TPSA) is 55.5 Å². The quantitative estimate of drug-likeness (QED) is 0.806. The van der Waals surface area contributed by atoms with Gasteiger partial charge in [-0.3, -0.25) is 0 Å². The molecular formula is C10H13F2NO2. The Hall–Kier alpha value is -1.20. The predicted octanol–water partition coefficient (Wildman–Crippen LogP) is 1.67. The van der Waals surface area contributed by atoms with Crippen LogP contribution in [0, 0.1) is 0 Å². The Bertz CT molecular complexity index is 318. The molecule has 0 saturated carbocycles. The molecule has 2 unspecified atom stereocenters. The minimum absolute atomic E-state index is 0.000833. The van der Waals surface area contributed by atoms with Crippen molar-refractivity contribution in [3.05, 3.63) is 29.8 Å². The molecular weight excluding hydrogens is 204 g/mol. The van der Waals surface area contributed by atoms with Crippen molar-refractivity contribution in [1.82, 2.24) is 0 Å². The normalized spacial score (nSPS) is 15.1. The van der Waals surface area contributed by atoms with Crippen molar-refractivity contribution in [3.8, 4) is 5.75 Å². The van der Waals surface area contributed by atoms with Crippen molar-refractivity contribution in [3.63, 3.8) is 0 Å². The molecule has 0 aliphatic rings. The number of hydrogen-bond acceptors (Lipinski definition) is 3. The summed E-state index contributed by atoms with van der Waals surface area (Å²) in [5, 5.41) is 9.26. The van der Waals surface area contributed by atoms with E-state index in [-0.39, 0.29) is 5.75 Å². The Labute approximate surface area is 86.5 Å². The fraction of sp³-hybridized carbons (Fsp3) is 0.400. The van der Waals surface area contributed by atoms with Crippen LogP contribution in [0.15, 0.2) is 24.3 Å². The van der Waals surface area contributed by atoms with Gasteiger partial charge in [-0.15, -0.1) is 0 Å². The zero-order valence-electron chi connectivity index (χ0n) is 8.23. The number of para-hydroxylation sites is 1. The van der Waals surface area contributed by atoms with Crippen LogP contribution in [0.1, 0.15) is 18.5 Å². The van der Waals surface area contributed by atoms with Crippen LogP contribution in [0.5, 0.6) is 5.75 Å². The second kappa shape index (κ2) is 5.04. The lowest BCUT2D eigenvalue weighted by atomic mass is 10.0. The van der Waals surface area contributed by atoms with Gasteiger partial charge in [-0.2, -0.15) is 8.78 Å². The van der Waals surface area contributed by atoms with E-state index in [0.717, 1.165) is 0 Å². The van der Waals surface area contributed by atoms with E-state index in [1.54, 1.807) is 18.2 Å². The average molecular weight is 217 g/mol. The van der Waals surface area contributed by atoms with Gasteiger partial charge in [0.25, 0.3) is 0 Å². The molecule has 0 aliphatic heterocycles. The molecule has 84 valence electrons. The molecule has 2 atom stereocenters. The molecule has 0 aliphatic carbocycles. The number of hydrogen-bond donors (Lipinski definition) is 2. The second-order valence-electron chi connectivity index (χ2n) is 3.18. The zero-order chi connectivity index (χ0) is 11.4. The number of rotatable bonds is 4. The van der Waals surface area contributed by atoms with Gasteiger partial charge in [0.2, 0.25) is 0 Å². The summed E-state index contributed by atoms with van der Waals surface area (Å²) in [5.41, 5.74) is 6.01. The maximum atomic E-state index is 12.0. The monoisotopic (exact) mass is 217 g/mol. The summed E-state index contributed by atoms with van der Waals surface area (Å²) >= 11 is 0. The standard InChI is InChI=1S/C10H13F2NO2/c1-6(14)9(13)7-4-2-3-5-8(7)15-10(11)12/h2-6,9-10,14H,13H2,1H3. The Balaban J connectivity index is 2.95. The molecule has 3 nitrogen and oxygen atoms in total. The first-order valence-corrected chi connectivity index (χ1v) is 4.49. The Morgan fingerprint density at radius 2 is 1.93 bits per heavy atom. The van der Waals surface area contributed by atoms with E-state index < -0.39 is 18.8 Å². The third-order valence-corrected chi connectivity index (χ3v) is 2.01. The Morgan fingerprint density at radius 1 is 1.33 bits per heavy atom. The van der Waals surface area contributed by atoms with Gasteiger partial charge in [0.15, 0.2) is 0 Å². The van der Waals surface area contributed by atoms with Crippen molar-refractivity contribution in [1.29, 1.82) is 0 Å². The molecule has 0 radical (unpaired) electrons. The smallest absolute Gasteiger partial charge is 0.387 e. The summed E-state index contributed by atoms with van der Waals surface area (Å²) in [6.07, 6.45) is -0.826. The lowest BCUT2D eigenvalue weighted by Crippen LogP contribution is -2.24. The highest BCUT2D eigenvalue weighted by atomic mass is 19.3. The highest BCUT2D eigenvalue weighted by molar-refractivity contribution is 5.36. The number of alkyl halides is 2. The van der Waals surface area contributed by atoms with Gasteiger partial charge in [0.05, 0.1) is 12.1 Å². The highest BCUT2D eigenvalue weighted by Crippen LogP contribution is 2.26. The SMILES string of the molecule is CC(O)C(N)c1ccccc1OC(F)F. The van der Waals surface area contributed by atoms with E-state index in [9.17, 15) is 13.9 Å². The molecule has 5 heteroatoms. The van der Waals surface area contributed by atoms with Crippen molar-refractivity contribution in [2.24, 2.45) is 5.73 Å². The van der Waals surface area contributed by atoms with E-state index in [1.165, 1.54) is 13.0 Å². The molecule has 1 aromatic rings. The Morgan fingerprint density at radius 3 is 2.47 bits per heavy atom. The van der Waals surface area contributed by atoms with Gasteiger partial charge in [-0.25, -0.2) is 0 Å². The molecule has 1 rings (SSSR count). The fourth-order valence-corrected chi connectivity index (χ4v) is 1.22. The maximum Gasteiger partial charge on any atom is 0.387 e. The molecule has 0 amide bonds. The molecule has 0 fully saturated rings. The van der Waals surface area contributed by atoms with Crippen molar-refractivity contribution < 1.29 is 18.6 Å². The van der Waals surface area contributed by atoms with E-state index in [1.807, 2.05) is 0 Å². The highest BCUT2D eigenvalue weighted by Gasteiger charge is 2.18. The van der Waals surface area contributed by atoms with Gasteiger partial charge in [0, 0.05) is 5.56 Å². The van der Waals surface area contributed by atoms with Gasteiger partial charge in [0.1, 0.15) is 5.75 Å². The summed E-state index contributed by atoms with van der Waals surface area (Å²) in [7, 11) is 0. The van der Waals surface area contributed by atoms with Gasteiger partial charge < -0.3 is 15.6 Å². The minimum Gasteiger partial charge on any atom is -0.434 e. The summed E-state index contributed by atoms with van der Waals surface area (Å²) < 4.78 is 28.4. The van der Waals surface area contributed by atoms with Crippen molar-refractivity contribution in [2.75, 3.05) is 0 Å². The lowest BCUT2D eigenvalue weighted by Gasteiger charge is -2.18. The number of nitrogens with two attached hydrogens (primary N) is 1. The summed E-state index contributed by atoms with van der Waals surface area (Å²) in [6.45, 7) is -1.41.